The fraction of sp³-hybridized carbons (Fsp3) is 0.176. The van der Waals surface area contributed by atoms with Gasteiger partial charge in [0.05, 0.1) is 18.4 Å². The molecule has 0 aliphatic rings. The zero-order chi connectivity index (χ0) is 18.1. The number of carboxylic acid groups (broad SMARTS) is 1. The topological polar surface area (TPSA) is 110 Å². The number of rotatable bonds is 8. The molecule has 2 rings (SSSR count). The lowest BCUT2D eigenvalue weighted by Gasteiger charge is -2.12. The van der Waals surface area contributed by atoms with Gasteiger partial charge in [-0.05, 0) is 31.2 Å². The first-order chi connectivity index (χ1) is 12.1. The predicted molar refractivity (Wildman–Crippen MR) is 90.0 cm³/mol. The van der Waals surface area contributed by atoms with E-state index in [0.29, 0.717) is 23.5 Å². The zero-order valence-corrected chi connectivity index (χ0v) is 13.5. The molecule has 0 saturated heterocycles. The largest absolute Gasteiger partial charge is 0.490 e. The van der Waals surface area contributed by atoms with E-state index in [2.05, 4.69) is 15.5 Å². The standard InChI is InChI=1S/C17H17N3O5/c1-2-24-14-7-3-5-12(16(14)25-11-15(21)22)10-19-20-17(23)13-6-4-8-18-9-13/h3-10H,2,11H2,1H3,(H,20,23)(H,21,22). The van der Waals surface area contributed by atoms with Crippen LogP contribution in [0, 0.1) is 0 Å². The van der Waals surface area contributed by atoms with Gasteiger partial charge in [-0.2, -0.15) is 5.10 Å². The lowest BCUT2D eigenvalue weighted by molar-refractivity contribution is -0.139. The Kier molecular flexibility index (Phi) is 6.47. The van der Waals surface area contributed by atoms with Crippen LogP contribution in [0.1, 0.15) is 22.8 Å². The van der Waals surface area contributed by atoms with Crippen LogP contribution >= 0.6 is 0 Å². The van der Waals surface area contributed by atoms with Gasteiger partial charge in [0.15, 0.2) is 18.1 Å². The molecule has 0 bridgehead atoms. The summed E-state index contributed by atoms with van der Waals surface area (Å²) in [5.74, 6) is -0.894. The number of nitrogens with one attached hydrogen (secondary N) is 1. The summed E-state index contributed by atoms with van der Waals surface area (Å²) in [5, 5.41) is 12.7. The molecule has 130 valence electrons. The minimum atomic E-state index is -1.11. The lowest BCUT2D eigenvalue weighted by Crippen LogP contribution is -2.18. The summed E-state index contributed by atoms with van der Waals surface area (Å²) in [6.45, 7) is 1.67. The van der Waals surface area contributed by atoms with E-state index in [1.54, 1.807) is 43.5 Å². The highest BCUT2D eigenvalue weighted by Crippen LogP contribution is 2.30. The molecule has 0 unspecified atom stereocenters. The van der Waals surface area contributed by atoms with Crippen molar-refractivity contribution in [3.8, 4) is 11.5 Å². The van der Waals surface area contributed by atoms with Gasteiger partial charge >= 0.3 is 5.97 Å². The summed E-state index contributed by atoms with van der Waals surface area (Å²) in [7, 11) is 0. The van der Waals surface area contributed by atoms with Crippen molar-refractivity contribution < 1.29 is 24.2 Å². The maximum absolute atomic E-state index is 11.9. The molecule has 0 fully saturated rings. The molecular formula is C17H17N3O5. The average Bonchev–Trinajstić information content (AvgIpc) is 2.62. The maximum atomic E-state index is 11.9. The molecule has 2 N–H and O–H groups in total. The molecule has 1 aromatic heterocycles. The molecule has 0 aliphatic heterocycles. The summed E-state index contributed by atoms with van der Waals surface area (Å²) >= 11 is 0. The molecule has 0 atom stereocenters. The lowest BCUT2D eigenvalue weighted by atomic mass is 10.2. The molecule has 0 saturated carbocycles. The number of amides is 1. The first-order valence-electron chi connectivity index (χ1n) is 7.45. The molecule has 1 aromatic carbocycles. The molecular weight excluding hydrogens is 326 g/mol. The third-order valence-corrected chi connectivity index (χ3v) is 2.94. The van der Waals surface area contributed by atoms with E-state index < -0.39 is 18.5 Å². The second-order valence-electron chi connectivity index (χ2n) is 4.73. The second kappa shape index (κ2) is 9.02. The zero-order valence-electron chi connectivity index (χ0n) is 13.5. The van der Waals surface area contributed by atoms with E-state index in [0.717, 1.165) is 0 Å². The van der Waals surface area contributed by atoms with Crippen LogP contribution in [0.25, 0.3) is 0 Å². The number of hydrazone groups is 1. The molecule has 2 aromatic rings. The number of ether oxygens (including phenoxy) is 2. The Labute approximate surface area is 144 Å². The number of nitrogens with zero attached hydrogens (tertiary/aromatic N) is 2. The number of para-hydroxylation sites is 1. The van der Waals surface area contributed by atoms with Crippen LogP contribution in [0.2, 0.25) is 0 Å². The number of aromatic nitrogens is 1. The summed E-state index contributed by atoms with van der Waals surface area (Å²) in [6, 6.07) is 8.28. The van der Waals surface area contributed by atoms with Crippen molar-refractivity contribution in [2.45, 2.75) is 6.92 Å². The molecule has 1 amide bonds. The summed E-state index contributed by atoms with van der Waals surface area (Å²) in [5.41, 5.74) is 3.21. The van der Waals surface area contributed by atoms with E-state index in [1.807, 2.05) is 0 Å². The van der Waals surface area contributed by atoms with Gasteiger partial charge in [-0.1, -0.05) is 6.07 Å². The summed E-state index contributed by atoms with van der Waals surface area (Å²) in [6.07, 6.45) is 4.33. The molecule has 0 radical (unpaired) electrons. The van der Waals surface area contributed by atoms with Crippen LogP contribution in [0.3, 0.4) is 0 Å². The highest BCUT2D eigenvalue weighted by Gasteiger charge is 2.12. The van der Waals surface area contributed by atoms with Crippen LogP contribution in [0.4, 0.5) is 0 Å². The summed E-state index contributed by atoms with van der Waals surface area (Å²) < 4.78 is 10.7. The Bertz CT molecular complexity index is 762. The van der Waals surface area contributed by atoms with Gasteiger partial charge < -0.3 is 14.6 Å². The first-order valence-corrected chi connectivity index (χ1v) is 7.45. The molecule has 0 aliphatic carbocycles. The van der Waals surface area contributed by atoms with Crippen LogP contribution in [-0.2, 0) is 4.79 Å². The van der Waals surface area contributed by atoms with Crippen LogP contribution in [0.15, 0.2) is 47.8 Å². The molecule has 25 heavy (non-hydrogen) atoms. The molecule has 8 nitrogen and oxygen atoms in total. The third-order valence-electron chi connectivity index (χ3n) is 2.94. The number of carbonyl (C=O) groups excluding carboxylic acids is 1. The van der Waals surface area contributed by atoms with Gasteiger partial charge in [0.1, 0.15) is 0 Å². The second-order valence-corrected chi connectivity index (χ2v) is 4.73. The van der Waals surface area contributed by atoms with Crippen molar-refractivity contribution >= 4 is 18.1 Å². The molecule has 0 spiro atoms. The third kappa shape index (κ3) is 5.31. The highest BCUT2D eigenvalue weighted by atomic mass is 16.5. The van der Waals surface area contributed by atoms with Gasteiger partial charge in [0.2, 0.25) is 0 Å². The quantitative estimate of drug-likeness (QED) is 0.558. The number of benzene rings is 1. The first kappa shape index (κ1) is 17.9. The fourth-order valence-corrected chi connectivity index (χ4v) is 1.91. The van der Waals surface area contributed by atoms with Gasteiger partial charge in [0.25, 0.3) is 5.91 Å². The van der Waals surface area contributed by atoms with E-state index in [1.165, 1.54) is 12.4 Å². The van der Waals surface area contributed by atoms with E-state index in [9.17, 15) is 9.59 Å². The normalized spacial score (nSPS) is 10.4. The minimum Gasteiger partial charge on any atom is -0.490 e. The number of pyridine rings is 1. The van der Waals surface area contributed by atoms with Gasteiger partial charge in [-0.3, -0.25) is 9.78 Å². The monoisotopic (exact) mass is 343 g/mol. The Hall–Kier alpha value is -3.42. The maximum Gasteiger partial charge on any atom is 0.341 e. The van der Waals surface area contributed by atoms with Crippen molar-refractivity contribution in [1.29, 1.82) is 0 Å². The van der Waals surface area contributed by atoms with E-state index >= 15 is 0 Å². The smallest absolute Gasteiger partial charge is 0.341 e. The van der Waals surface area contributed by atoms with Gasteiger partial charge in [0, 0.05) is 18.0 Å². The Morgan fingerprint density at radius 1 is 1.28 bits per heavy atom. The van der Waals surface area contributed by atoms with Crippen molar-refractivity contribution in [2.75, 3.05) is 13.2 Å². The van der Waals surface area contributed by atoms with Gasteiger partial charge in [-0.25, -0.2) is 10.2 Å². The van der Waals surface area contributed by atoms with Gasteiger partial charge in [-0.15, -0.1) is 0 Å². The average molecular weight is 343 g/mol. The minimum absolute atomic E-state index is 0.242. The fourth-order valence-electron chi connectivity index (χ4n) is 1.91. The predicted octanol–water partition coefficient (Wildman–Crippen LogP) is 1.71. The molecule has 1 heterocycles. The number of hydrogen-bond donors (Lipinski definition) is 2. The Balaban J connectivity index is 2.15. The number of carboxylic acids is 1. The van der Waals surface area contributed by atoms with E-state index in [-0.39, 0.29) is 5.75 Å². The number of hydrogen-bond acceptors (Lipinski definition) is 6. The number of aliphatic carboxylic acids is 1. The van der Waals surface area contributed by atoms with Crippen molar-refractivity contribution in [2.24, 2.45) is 5.10 Å². The highest BCUT2D eigenvalue weighted by molar-refractivity contribution is 5.94. The van der Waals surface area contributed by atoms with E-state index in [4.69, 9.17) is 14.6 Å². The SMILES string of the molecule is CCOc1cccc(C=NNC(=O)c2cccnc2)c1OCC(=O)O. The summed E-state index contributed by atoms with van der Waals surface area (Å²) in [4.78, 5) is 26.5. The van der Waals surface area contributed by atoms with Crippen molar-refractivity contribution in [1.82, 2.24) is 10.4 Å². The van der Waals surface area contributed by atoms with Crippen LogP contribution in [-0.4, -0.2) is 41.4 Å². The van der Waals surface area contributed by atoms with Crippen molar-refractivity contribution in [3.05, 3.63) is 53.9 Å². The Morgan fingerprint density at radius 3 is 2.80 bits per heavy atom. The van der Waals surface area contributed by atoms with Crippen molar-refractivity contribution in [3.63, 3.8) is 0 Å². The number of carbonyl (C=O) groups is 2. The Morgan fingerprint density at radius 2 is 2.12 bits per heavy atom. The van der Waals surface area contributed by atoms with Crippen LogP contribution < -0.4 is 14.9 Å². The van der Waals surface area contributed by atoms with Crippen LogP contribution in [0.5, 0.6) is 11.5 Å². The molecule has 8 heteroatoms.